The Bertz CT molecular complexity index is 1120. The lowest BCUT2D eigenvalue weighted by Gasteiger charge is -2.34. The SMILES string of the molecule is C[C@H](NC(=O)[C@H](CC(=O)N1CCCC[C@@H]1C)NC(=O)CC1CC1)c1ncc(-c2ccc(F)cc2F)[nH]1. The van der Waals surface area contributed by atoms with Crippen LogP contribution in [0.2, 0.25) is 0 Å². The molecule has 0 bridgehead atoms. The second-order valence-corrected chi connectivity index (χ2v) is 9.94. The first-order chi connectivity index (χ1) is 17.2. The third-order valence-electron chi connectivity index (χ3n) is 6.91. The van der Waals surface area contributed by atoms with Crippen LogP contribution in [-0.2, 0) is 14.4 Å². The summed E-state index contributed by atoms with van der Waals surface area (Å²) in [6.07, 6.45) is 6.54. The van der Waals surface area contributed by atoms with E-state index in [-0.39, 0.29) is 29.8 Å². The van der Waals surface area contributed by atoms with Crippen LogP contribution in [0.1, 0.15) is 70.7 Å². The zero-order chi connectivity index (χ0) is 25.8. The highest BCUT2D eigenvalue weighted by Gasteiger charge is 2.32. The Kier molecular flexibility index (Phi) is 8.01. The number of nitrogens with one attached hydrogen (secondary N) is 3. The Labute approximate surface area is 209 Å². The van der Waals surface area contributed by atoms with Crippen molar-refractivity contribution in [3.63, 3.8) is 0 Å². The lowest BCUT2D eigenvalue weighted by Crippen LogP contribution is -2.51. The summed E-state index contributed by atoms with van der Waals surface area (Å²) in [5, 5.41) is 5.57. The molecular weight excluding hydrogens is 468 g/mol. The van der Waals surface area contributed by atoms with Gasteiger partial charge in [0.1, 0.15) is 23.5 Å². The standard InChI is InChI=1S/C26H33F2N5O3/c1-15-5-3-4-10-33(15)24(35)13-21(31-23(34)11-17-6-7-17)26(36)30-16(2)25-29-14-22(32-25)19-9-8-18(27)12-20(19)28/h8-9,12,14-17,21H,3-7,10-11,13H2,1-2H3,(H,29,32)(H,30,36)(H,31,34)/t15-,16-,21-/m0/s1. The van der Waals surface area contributed by atoms with Crippen LogP contribution >= 0.6 is 0 Å². The molecule has 0 radical (unpaired) electrons. The van der Waals surface area contributed by atoms with Crippen molar-refractivity contribution in [1.82, 2.24) is 25.5 Å². The summed E-state index contributed by atoms with van der Waals surface area (Å²) in [7, 11) is 0. The van der Waals surface area contributed by atoms with Crippen molar-refractivity contribution in [1.29, 1.82) is 0 Å². The number of aromatic amines is 1. The Morgan fingerprint density at radius 1 is 1.17 bits per heavy atom. The van der Waals surface area contributed by atoms with Gasteiger partial charge in [-0.25, -0.2) is 13.8 Å². The van der Waals surface area contributed by atoms with Gasteiger partial charge in [0.25, 0.3) is 0 Å². The zero-order valence-electron chi connectivity index (χ0n) is 20.7. The van der Waals surface area contributed by atoms with Crippen molar-refractivity contribution in [2.45, 2.75) is 76.9 Å². The van der Waals surface area contributed by atoms with Gasteiger partial charge >= 0.3 is 0 Å². The first-order valence-electron chi connectivity index (χ1n) is 12.6. The molecule has 2 aromatic rings. The molecule has 2 heterocycles. The first kappa shape index (κ1) is 25.8. The first-order valence-corrected chi connectivity index (χ1v) is 12.6. The number of benzene rings is 1. The maximum atomic E-state index is 14.1. The molecule has 10 heteroatoms. The highest BCUT2D eigenvalue weighted by Crippen LogP contribution is 2.32. The molecule has 8 nitrogen and oxygen atoms in total. The molecule has 1 aliphatic heterocycles. The molecule has 194 valence electrons. The van der Waals surface area contributed by atoms with Crippen molar-refractivity contribution in [3.8, 4) is 11.3 Å². The Balaban J connectivity index is 1.43. The average Bonchev–Trinajstić information content (AvgIpc) is 3.50. The predicted octanol–water partition coefficient (Wildman–Crippen LogP) is 3.61. The van der Waals surface area contributed by atoms with E-state index in [1.807, 2.05) is 6.92 Å². The van der Waals surface area contributed by atoms with Crippen LogP contribution in [0.15, 0.2) is 24.4 Å². The Morgan fingerprint density at radius 3 is 2.64 bits per heavy atom. The molecule has 0 unspecified atom stereocenters. The van der Waals surface area contributed by atoms with Gasteiger partial charge in [-0.3, -0.25) is 14.4 Å². The summed E-state index contributed by atoms with van der Waals surface area (Å²) >= 11 is 0. The normalized spacial score (nSPS) is 19.4. The van der Waals surface area contributed by atoms with E-state index in [2.05, 4.69) is 20.6 Å². The van der Waals surface area contributed by atoms with E-state index in [1.165, 1.54) is 12.3 Å². The quantitative estimate of drug-likeness (QED) is 0.488. The van der Waals surface area contributed by atoms with E-state index in [1.54, 1.807) is 11.8 Å². The smallest absolute Gasteiger partial charge is 0.243 e. The van der Waals surface area contributed by atoms with Gasteiger partial charge in [-0.1, -0.05) is 0 Å². The van der Waals surface area contributed by atoms with Gasteiger partial charge in [0.15, 0.2) is 0 Å². The zero-order valence-corrected chi connectivity index (χ0v) is 20.7. The van der Waals surface area contributed by atoms with E-state index in [0.29, 0.717) is 30.4 Å². The summed E-state index contributed by atoms with van der Waals surface area (Å²) in [5.74, 6) is -1.59. The second kappa shape index (κ2) is 11.2. The van der Waals surface area contributed by atoms with Crippen LogP contribution in [0.4, 0.5) is 8.78 Å². The third kappa shape index (κ3) is 6.47. The minimum Gasteiger partial charge on any atom is -0.345 e. The molecule has 1 saturated heterocycles. The topological polar surface area (TPSA) is 107 Å². The number of hydrogen-bond acceptors (Lipinski definition) is 4. The molecule has 36 heavy (non-hydrogen) atoms. The number of imidazole rings is 1. The third-order valence-corrected chi connectivity index (χ3v) is 6.91. The van der Waals surface area contributed by atoms with E-state index in [9.17, 15) is 23.2 Å². The molecule has 2 aliphatic rings. The van der Waals surface area contributed by atoms with Crippen LogP contribution in [0.25, 0.3) is 11.3 Å². The molecule has 3 amide bonds. The van der Waals surface area contributed by atoms with Crippen LogP contribution in [0.3, 0.4) is 0 Å². The number of halogens is 2. The molecular formula is C26H33F2N5O3. The molecule has 4 rings (SSSR count). The largest absolute Gasteiger partial charge is 0.345 e. The fraction of sp³-hybridized carbons (Fsp3) is 0.538. The highest BCUT2D eigenvalue weighted by molar-refractivity contribution is 5.92. The molecule has 1 aromatic heterocycles. The van der Waals surface area contributed by atoms with Gasteiger partial charge in [-0.2, -0.15) is 0 Å². The number of rotatable bonds is 9. The van der Waals surface area contributed by atoms with Gasteiger partial charge in [-0.05, 0) is 64.0 Å². The number of piperidine rings is 1. The number of nitrogens with zero attached hydrogens (tertiary/aromatic N) is 2. The van der Waals surface area contributed by atoms with Crippen molar-refractivity contribution < 1.29 is 23.2 Å². The average molecular weight is 502 g/mol. The number of aromatic nitrogens is 2. The highest BCUT2D eigenvalue weighted by atomic mass is 19.1. The minimum absolute atomic E-state index is 0.101. The number of likely N-dealkylation sites (tertiary alicyclic amines) is 1. The second-order valence-electron chi connectivity index (χ2n) is 9.94. The summed E-state index contributed by atoms with van der Waals surface area (Å²) in [6.45, 7) is 4.34. The fourth-order valence-corrected chi connectivity index (χ4v) is 4.59. The van der Waals surface area contributed by atoms with Gasteiger partial charge < -0.3 is 20.5 Å². The van der Waals surface area contributed by atoms with Gasteiger partial charge in [0.05, 0.1) is 24.4 Å². The van der Waals surface area contributed by atoms with Gasteiger partial charge in [-0.15, -0.1) is 0 Å². The Morgan fingerprint density at radius 2 is 1.94 bits per heavy atom. The monoisotopic (exact) mass is 501 g/mol. The number of hydrogen-bond donors (Lipinski definition) is 3. The lowest BCUT2D eigenvalue weighted by molar-refractivity contribution is -0.138. The van der Waals surface area contributed by atoms with Crippen molar-refractivity contribution >= 4 is 17.7 Å². The van der Waals surface area contributed by atoms with Gasteiger partial charge in [0.2, 0.25) is 17.7 Å². The molecule has 3 atom stereocenters. The minimum atomic E-state index is -1.01. The van der Waals surface area contributed by atoms with Crippen LogP contribution in [-0.4, -0.2) is 51.2 Å². The van der Waals surface area contributed by atoms with Crippen LogP contribution in [0, 0.1) is 17.6 Å². The lowest BCUT2D eigenvalue weighted by atomic mass is 10.0. The number of carbonyl (C=O) groups excluding carboxylic acids is 3. The molecule has 1 aliphatic carbocycles. The molecule has 0 spiro atoms. The van der Waals surface area contributed by atoms with E-state index in [0.717, 1.165) is 44.2 Å². The van der Waals surface area contributed by atoms with Crippen LogP contribution < -0.4 is 10.6 Å². The van der Waals surface area contributed by atoms with Crippen molar-refractivity contribution in [3.05, 3.63) is 41.9 Å². The van der Waals surface area contributed by atoms with Crippen molar-refractivity contribution in [2.24, 2.45) is 5.92 Å². The van der Waals surface area contributed by atoms with Crippen molar-refractivity contribution in [2.75, 3.05) is 6.54 Å². The fourth-order valence-electron chi connectivity index (χ4n) is 4.59. The Hall–Kier alpha value is -3.30. The summed E-state index contributed by atoms with van der Waals surface area (Å²) in [4.78, 5) is 47.7. The molecule has 1 aromatic carbocycles. The van der Waals surface area contributed by atoms with E-state index in [4.69, 9.17) is 0 Å². The molecule has 3 N–H and O–H groups in total. The maximum Gasteiger partial charge on any atom is 0.243 e. The molecule has 1 saturated carbocycles. The van der Waals surface area contributed by atoms with Gasteiger partial charge in [0, 0.05) is 30.6 Å². The summed E-state index contributed by atoms with van der Waals surface area (Å²) < 4.78 is 27.4. The summed E-state index contributed by atoms with van der Waals surface area (Å²) in [5.41, 5.74) is 0.493. The predicted molar refractivity (Wildman–Crippen MR) is 129 cm³/mol. The molecule has 2 fully saturated rings. The maximum absolute atomic E-state index is 14.1. The van der Waals surface area contributed by atoms with E-state index >= 15 is 0 Å². The number of amides is 3. The van der Waals surface area contributed by atoms with E-state index < -0.39 is 29.6 Å². The number of H-pyrrole nitrogens is 1. The van der Waals surface area contributed by atoms with Crippen LogP contribution in [0.5, 0.6) is 0 Å². The summed E-state index contributed by atoms with van der Waals surface area (Å²) in [6, 6.07) is 1.73. The number of carbonyl (C=O) groups is 3.